The third-order valence-corrected chi connectivity index (χ3v) is 4.38. The molecule has 0 bridgehead atoms. The van der Waals surface area contributed by atoms with Gasteiger partial charge in [0.1, 0.15) is 5.54 Å². The van der Waals surface area contributed by atoms with E-state index in [2.05, 4.69) is 11.8 Å². The van der Waals surface area contributed by atoms with Gasteiger partial charge in [-0.15, -0.1) is 0 Å². The van der Waals surface area contributed by atoms with Crippen molar-refractivity contribution in [2.75, 3.05) is 19.7 Å². The van der Waals surface area contributed by atoms with Crippen LogP contribution < -0.4 is 0 Å². The van der Waals surface area contributed by atoms with Crippen molar-refractivity contribution in [2.24, 2.45) is 0 Å². The largest absolute Gasteiger partial charge is 0.480 e. The lowest BCUT2D eigenvalue weighted by atomic mass is 9.90. The highest BCUT2D eigenvalue weighted by Crippen LogP contribution is 2.34. The summed E-state index contributed by atoms with van der Waals surface area (Å²) in [5.41, 5.74) is -0.616. The van der Waals surface area contributed by atoms with Crippen LogP contribution in [-0.4, -0.2) is 47.3 Å². The van der Waals surface area contributed by atoms with E-state index in [1.54, 1.807) is 0 Å². The molecule has 2 heterocycles. The van der Waals surface area contributed by atoms with E-state index in [-0.39, 0.29) is 6.10 Å². The molecule has 0 radical (unpaired) electrons. The van der Waals surface area contributed by atoms with Crippen molar-refractivity contribution in [3.63, 3.8) is 0 Å². The lowest BCUT2D eigenvalue weighted by Crippen LogP contribution is -2.53. The Bertz CT molecular complexity index is 289. The maximum absolute atomic E-state index is 11.7. The van der Waals surface area contributed by atoms with Crippen molar-refractivity contribution in [3.05, 3.63) is 0 Å². The highest BCUT2D eigenvalue weighted by Gasteiger charge is 2.47. The van der Waals surface area contributed by atoms with Gasteiger partial charge in [0.25, 0.3) is 0 Å². The summed E-state index contributed by atoms with van der Waals surface area (Å²) in [6.07, 6.45) is 7.17. The number of rotatable bonds is 5. The number of hydrogen-bond donors (Lipinski definition) is 1. The van der Waals surface area contributed by atoms with Gasteiger partial charge in [0, 0.05) is 13.2 Å². The molecule has 4 nitrogen and oxygen atoms in total. The molecule has 0 amide bonds. The standard InChI is InChI=1S/C14H25NO3/c1-2-7-14(13(16)17)8-5-9-15(14)11-12-6-3-4-10-18-12/h12H,2-11H2,1H3,(H,16,17). The Hall–Kier alpha value is -0.610. The fourth-order valence-corrected chi connectivity index (χ4v) is 3.44. The van der Waals surface area contributed by atoms with Crippen molar-refractivity contribution < 1.29 is 14.6 Å². The van der Waals surface area contributed by atoms with Crippen molar-refractivity contribution >= 4 is 5.97 Å². The normalized spacial score (nSPS) is 33.7. The zero-order valence-electron chi connectivity index (χ0n) is 11.4. The van der Waals surface area contributed by atoms with Crippen LogP contribution in [0.15, 0.2) is 0 Å². The second-order valence-corrected chi connectivity index (χ2v) is 5.62. The monoisotopic (exact) mass is 255 g/mol. The van der Waals surface area contributed by atoms with E-state index in [9.17, 15) is 9.90 Å². The van der Waals surface area contributed by atoms with E-state index >= 15 is 0 Å². The quantitative estimate of drug-likeness (QED) is 0.818. The SMILES string of the molecule is CCCC1(C(=O)O)CCCN1CC1CCCCO1. The summed E-state index contributed by atoms with van der Waals surface area (Å²) in [5, 5.41) is 9.61. The Morgan fingerprint density at radius 3 is 2.89 bits per heavy atom. The molecule has 2 aliphatic rings. The predicted molar refractivity (Wildman–Crippen MR) is 69.7 cm³/mol. The van der Waals surface area contributed by atoms with E-state index < -0.39 is 11.5 Å². The van der Waals surface area contributed by atoms with Gasteiger partial charge in [-0.05, 0) is 45.1 Å². The molecule has 0 aromatic rings. The Balaban J connectivity index is 2.02. The molecule has 0 saturated carbocycles. The summed E-state index contributed by atoms with van der Waals surface area (Å²) < 4.78 is 5.76. The summed E-state index contributed by atoms with van der Waals surface area (Å²) in [4.78, 5) is 13.9. The second kappa shape index (κ2) is 6.02. The van der Waals surface area contributed by atoms with Gasteiger partial charge >= 0.3 is 5.97 Å². The number of likely N-dealkylation sites (tertiary alicyclic amines) is 1. The fourth-order valence-electron chi connectivity index (χ4n) is 3.44. The van der Waals surface area contributed by atoms with Crippen LogP contribution >= 0.6 is 0 Å². The molecule has 18 heavy (non-hydrogen) atoms. The molecule has 2 fully saturated rings. The number of aliphatic carboxylic acids is 1. The Labute approximate surface area is 109 Å². The van der Waals surface area contributed by atoms with E-state index in [1.807, 2.05) is 0 Å². The van der Waals surface area contributed by atoms with Gasteiger partial charge in [-0.1, -0.05) is 13.3 Å². The van der Waals surface area contributed by atoms with Crippen LogP contribution in [0.4, 0.5) is 0 Å². The van der Waals surface area contributed by atoms with Crippen LogP contribution in [0.5, 0.6) is 0 Å². The first kappa shape index (κ1) is 13.8. The first-order chi connectivity index (χ1) is 8.69. The van der Waals surface area contributed by atoms with Crippen LogP contribution in [0.3, 0.4) is 0 Å². The summed E-state index contributed by atoms with van der Waals surface area (Å²) in [6.45, 7) is 4.61. The number of hydrogen-bond acceptors (Lipinski definition) is 3. The molecule has 2 unspecified atom stereocenters. The number of carboxylic acid groups (broad SMARTS) is 1. The Kier molecular flexibility index (Phi) is 4.62. The fraction of sp³-hybridized carbons (Fsp3) is 0.929. The molecule has 4 heteroatoms. The molecule has 1 N–H and O–H groups in total. The zero-order valence-corrected chi connectivity index (χ0v) is 11.4. The second-order valence-electron chi connectivity index (χ2n) is 5.62. The van der Waals surface area contributed by atoms with Crippen LogP contribution in [0.1, 0.15) is 51.9 Å². The minimum Gasteiger partial charge on any atom is -0.480 e. The summed E-state index contributed by atoms with van der Waals surface area (Å²) >= 11 is 0. The Morgan fingerprint density at radius 1 is 1.44 bits per heavy atom. The Morgan fingerprint density at radius 2 is 2.28 bits per heavy atom. The van der Waals surface area contributed by atoms with Crippen LogP contribution in [0.2, 0.25) is 0 Å². The van der Waals surface area contributed by atoms with Crippen LogP contribution in [0, 0.1) is 0 Å². The number of nitrogens with zero attached hydrogens (tertiary/aromatic N) is 1. The van der Waals surface area contributed by atoms with E-state index in [4.69, 9.17) is 4.74 Å². The molecule has 104 valence electrons. The van der Waals surface area contributed by atoms with Crippen LogP contribution in [0.25, 0.3) is 0 Å². The average Bonchev–Trinajstić information content (AvgIpc) is 2.75. The molecule has 2 rings (SSSR count). The average molecular weight is 255 g/mol. The number of carboxylic acids is 1. The highest BCUT2D eigenvalue weighted by molar-refractivity contribution is 5.79. The number of ether oxygens (including phenoxy) is 1. The van der Waals surface area contributed by atoms with Crippen molar-refractivity contribution in [1.29, 1.82) is 0 Å². The van der Waals surface area contributed by atoms with Crippen molar-refractivity contribution in [3.8, 4) is 0 Å². The third-order valence-electron chi connectivity index (χ3n) is 4.38. The molecule has 0 aromatic carbocycles. The van der Waals surface area contributed by atoms with E-state index in [0.717, 1.165) is 58.2 Å². The van der Waals surface area contributed by atoms with Gasteiger partial charge in [-0.3, -0.25) is 9.69 Å². The lowest BCUT2D eigenvalue weighted by Gasteiger charge is -2.37. The summed E-state index contributed by atoms with van der Waals surface area (Å²) in [7, 11) is 0. The number of carbonyl (C=O) groups is 1. The maximum Gasteiger partial charge on any atom is 0.324 e. The topological polar surface area (TPSA) is 49.8 Å². The van der Waals surface area contributed by atoms with Gasteiger partial charge in [-0.25, -0.2) is 0 Å². The van der Waals surface area contributed by atoms with Crippen LogP contribution in [-0.2, 0) is 9.53 Å². The predicted octanol–water partition coefficient (Wildman–Crippen LogP) is 2.27. The summed E-state index contributed by atoms with van der Waals surface area (Å²) in [6, 6.07) is 0. The maximum atomic E-state index is 11.7. The minimum absolute atomic E-state index is 0.243. The highest BCUT2D eigenvalue weighted by atomic mass is 16.5. The van der Waals surface area contributed by atoms with Gasteiger partial charge in [0.05, 0.1) is 6.10 Å². The van der Waals surface area contributed by atoms with Gasteiger partial charge < -0.3 is 9.84 Å². The minimum atomic E-state index is -0.641. The molecular weight excluding hydrogens is 230 g/mol. The summed E-state index contributed by atoms with van der Waals surface area (Å²) in [5.74, 6) is -0.641. The molecule has 0 aliphatic carbocycles. The smallest absolute Gasteiger partial charge is 0.324 e. The molecule has 2 saturated heterocycles. The van der Waals surface area contributed by atoms with E-state index in [1.165, 1.54) is 6.42 Å². The lowest BCUT2D eigenvalue weighted by molar-refractivity contribution is -0.151. The van der Waals surface area contributed by atoms with Gasteiger partial charge in [0.15, 0.2) is 0 Å². The first-order valence-corrected chi connectivity index (χ1v) is 7.29. The molecule has 0 aromatic heterocycles. The molecule has 0 spiro atoms. The molecule has 2 atom stereocenters. The third kappa shape index (κ3) is 2.69. The first-order valence-electron chi connectivity index (χ1n) is 7.29. The van der Waals surface area contributed by atoms with Crippen molar-refractivity contribution in [1.82, 2.24) is 4.90 Å². The van der Waals surface area contributed by atoms with Crippen molar-refractivity contribution in [2.45, 2.75) is 63.5 Å². The van der Waals surface area contributed by atoms with Gasteiger partial charge in [-0.2, -0.15) is 0 Å². The zero-order chi connectivity index (χ0) is 13.0. The van der Waals surface area contributed by atoms with E-state index in [0.29, 0.717) is 0 Å². The molecular formula is C14H25NO3. The van der Waals surface area contributed by atoms with Gasteiger partial charge in [0.2, 0.25) is 0 Å². The molecule has 2 aliphatic heterocycles.